The van der Waals surface area contributed by atoms with Crippen molar-refractivity contribution in [2.75, 3.05) is 6.16 Å². The number of aliphatic carboxylic acids is 1. The van der Waals surface area contributed by atoms with Gasteiger partial charge in [0.05, 0.1) is 6.16 Å². The van der Waals surface area contributed by atoms with Gasteiger partial charge in [0.15, 0.2) is 0 Å². The van der Waals surface area contributed by atoms with Gasteiger partial charge >= 0.3 is 5.97 Å². The molecule has 1 aliphatic carbocycles. The number of hydrogen-bond acceptors (Lipinski definition) is 5. The van der Waals surface area contributed by atoms with Crippen LogP contribution >= 0.6 is 8.03 Å². The van der Waals surface area contributed by atoms with Crippen molar-refractivity contribution < 1.29 is 24.1 Å². The Morgan fingerprint density at radius 3 is 2.71 bits per heavy atom. The summed E-state index contributed by atoms with van der Waals surface area (Å²) in [5.74, 6) is -0.759. The van der Waals surface area contributed by atoms with E-state index in [-0.39, 0.29) is 23.7 Å². The highest BCUT2D eigenvalue weighted by Crippen LogP contribution is 2.48. The van der Waals surface area contributed by atoms with Gasteiger partial charge in [0, 0.05) is 11.5 Å². The molecule has 4 N–H and O–H groups in total. The molecule has 1 aliphatic rings. The van der Waals surface area contributed by atoms with E-state index < -0.39 is 20.0 Å². The molecule has 1 aromatic carbocycles. The van der Waals surface area contributed by atoms with Gasteiger partial charge in [-0.15, -0.1) is 0 Å². The number of carboxylic acids is 1. The number of unbranched alkanes of at least 4 members (excludes halogenated alkanes) is 2. The normalized spacial score (nSPS) is 20.6. The molecular formula is C24H36NO5P. The molecule has 0 spiro atoms. The second-order valence-corrected chi connectivity index (χ2v) is 9.99. The van der Waals surface area contributed by atoms with E-state index in [1.54, 1.807) is 6.07 Å². The Balaban J connectivity index is 2.47. The third-order valence-electron chi connectivity index (χ3n) is 5.89. The predicted molar refractivity (Wildman–Crippen MR) is 125 cm³/mol. The topological polar surface area (TPSA) is 110 Å². The first kappa shape index (κ1) is 25.2. The minimum absolute atomic E-state index is 0.114. The van der Waals surface area contributed by atoms with E-state index in [1.165, 1.54) is 5.57 Å². The van der Waals surface area contributed by atoms with E-state index in [0.717, 1.165) is 49.7 Å². The van der Waals surface area contributed by atoms with E-state index in [9.17, 15) is 14.5 Å². The van der Waals surface area contributed by atoms with Crippen LogP contribution in [0, 0.1) is 5.92 Å². The first-order valence-corrected chi connectivity index (χ1v) is 12.5. The molecule has 2 rings (SSSR count). The van der Waals surface area contributed by atoms with Crippen LogP contribution in [-0.2, 0) is 15.8 Å². The smallest absolute Gasteiger partial charge is 0.321 e. The molecule has 0 aromatic heterocycles. The predicted octanol–water partition coefficient (Wildman–Crippen LogP) is 5.41. The number of carbonyl (C=O) groups is 1. The van der Waals surface area contributed by atoms with Crippen LogP contribution in [0.25, 0.3) is 0 Å². The molecule has 0 heterocycles. The summed E-state index contributed by atoms with van der Waals surface area (Å²) < 4.78 is 18.4. The van der Waals surface area contributed by atoms with Crippen molar-refractivity contribution in [1.82, 2.24) is 0 Å². The zero-order valence-electron chi connectivity index (χ0n) is 18.8. The number of hydrogen-bond donors (Lipinski definition) is 3. The van der Waals surface area contributed by atoms with Crippen molar-refractivity contribution in [3.63, 3.8) is 0 Å². The number of benzene rings is 1. The Bertz CT molecular complexity index is 864. The Morgan fingerprint density at radius 1 is 1.39 bits per heavy atom. The molecule has 0 saturated carbocycles. The fourth-order valence-corrected chi connectivity index (χ4v) is 5.18. The maximum atomic E-state index is 12.6. The van der Waals surface area contributed by atoms with Crippen LogP contribution in [0.5, 0.6) is 11.5 Å². The molecule has 1 unspecified atom stereocenters. The highest BCUT2D eigenvalue weighted by atomic mass is 31.1. The maximum Gasteiger partial charge on any atom is 0.321 e. The van der Waals surface area contributed by atoms with E-state index in [4.69, 9.17) is 15.4 Å². The zero-order valence-corrected chi connectivity index (χ0v) is 19.8. The summed E-state index contributed by atoms with van der Waals surface area (Å²) in [6.45, 7) is 10.3. The Kier molecular flexibility index (Phi) is 9.39. The molecule has 0 radical (unpaired) electrons. The molecule has 0 amide bonds. The molecule has 172 valence electrons. The number of phenolic OH excluding ortho intramolecular Hbond substituents is 1. The quantitative estimate of drug-likeness (QED) is 0.237. The summed E-state index contributed by atoms with van der Waals surface area (Å²) >= 11 is 0. The number of aromatic hydroxyl groups is 1. The fourth-order valence-electron chi connectivity index (χ4n) is 4.15. The second-order valence-electron chi connectivity index (χ2n) is 8.64. The van der Waals surface area contributed by atoms with E-state index in [0.29, 0.717) is 11.3 Å². The molecule has 0 aliphatic heterocycles. The molecule has 0 saturated heterocycles. The number of rotatable bonds is 11. The van der Waals surface area contributed by atoms with Gasteiger partial charge in [-0.2, -0.15) is 0 Å². The van der Waals surface area contributed by atoms with Gasteiger partial charge in [0.2, 0.25) is 8.03 Å². The molecule has 1 aromatic rings. The van der Waals surface area contributed by atoms with Crippen molar-refractivity contribution >= 4 is 14.0 Å². The average molecular weight is 450 g/mol. The summed E-state index contributed by atoms with van der Waals surface area (Å²) in [6.07, 6.45) is 7.65. The molecule has 4 atom stereocenters. The largest absolute Gasteiger partial charge is 0.507 e. The van der Waals surface area contributed by atoms with E-state index in [1.807, 2.05) is 13.0 Å². The van der Waals surface area contributed by atoms with Gasteiger partial charge in [0.1, 0.15) is 17.5 Å². The summed E-state index contributed by atoms with van der Waals surface area (Å²) in [7, 11) is -2.76. The zero-order chi connectivity index (χ0) is 23.1. The van der Waals surface area contributed by atoms with Crippen molar-refractivity contribution in [1.29, 1.82) is 0 Å². The average Bonchev–Trinajstić information content (AvgIpc) is 2.67. The van der Waals surface area contributed by atoms with E-state index in [2.05, 4.69) is 26.5 Å². The first-order valence-electron chi connectivity index (χ1n) is 11.0. The maximum absolute atomic E-state index is 12.6. The Hall–Kier alpha value is -2.04. The van der Waals surface area contributed by atoms with Gasteiger partial charge in [-0.1, -0.05) is 43.6 Å². The lowest BCUT2D eigenvalue weighted by Gasteiger charge is -2.32. The summed E-state index contributed by atoms with van der Waals surface area (Å²) in [4.78, 5) is 11.0. The van der Waals surface area contributed by atoms with Crippen LogP contribution < -0.4 is 10.3 Å². The van der Waals surface area contributed by atoms with Crippen molar-refractivity contribution in [3.05, 3.63) is 47.1 Å². The first-order chi connectivity index (χ1) is 14.6. The number of nitrogens with two attached hydrogens (primary N) is 1. The number of carboxylic acid groups (broad SMARTS) is 1. The monoisotopic (exact) mass is 449 g/mol. The standard InChI is InChI=1S/C24H36NO5P/c1-5-6-7-8-17-12-21(26)23(19-11-16(4)9-10-18(19)15(2)3)22(13-17)30-31(29)14-20(25)24(27)28/h11-13,18-20,26,31H,2,5-10,14,25H2,1,3-4H3,(H,27,28)/t18-,19+,20-/m0/s1. The van der Waals surface area contributed by atoms with Gasteiger partial charge in [-0.25, -0.2) is 0 Å². The number of aryl methyl sites for hydroxylation is 1. The SMILES string of the molecule is C=C(C)[C@@H]1CCC(C)=C[C@H]1c1c(O)cc(CCCCC)cc1O[PH](=O)C[C@H](N)C(=O)O. The third kappa shape index (κ3) is 6.98. The Morgan fingerprint density at radius 2 is 2.10 bits per heavy atom. The van der Waals surface area contributed by atoms with Gasteiger partial charge in [-0.3, -0.25) is 9.36 Å². The van der Waals surface area contributed by atoms with Crippen LogP contribution in [0.4, 0.5) is 0 Å². The van der Waals surface area contributed by atoms with Crippen molar-refractivity contribution in [3.8, 4) is 11.5 Å². The molecule has 31 heavy (non-hydrogen) atoms. The lowest BCUT2D eigenvalue weighted by atomic mass is 9.73. The summed E-state index contributed by atoms with van der Waals surface area (Å²) in [5.41, 5.74) is 9.29. The summed E-state index contributed by atoms with van der Waals surface area (Å²) in [5, 5.41) is 20.0. The van der Waals surface area contributed by atoms with Crippen LogP contribution in [0.2, 0.25) is 0 Å². The lowest BCUT2D eigenvalue weighted by molar-refractivity contribution is -0.137. The summed E-state index contributed by atoms with van der Waals surface area (Å²) in [6, 6.07) is 2.36. The number of phenols is 1. The van der Waals surface area contributed by atoms with Crippen LogP contribution in [-0.4, -0.2) is 28.4 Å². The van der Waals surface area contributed by atoms with Gasteiger partial charge < -0.3 is 20.5 Å². The third-order valence-corrected chi connectivity index (χ3v) is 7.11. The van der Waals surface area contributed by atoms with Crippen molar-refractivity contribution in [2.45, 2.75) is 71.3 Å². The number of allylic oxidation sites excluding steroid dienone is 3. The molecule has 0 fully saturated rings. The molecule has 7 heteroatoms. The van der Waals surface area contributed by atoms with Gasteiger partial charge in [0.25, 0.3) is 0 Å². The molecule has 6 nitrogen and oxygen atoms in total. The van der Waals surface area contributed by atoms with E-state index >= 15 is 0 Å². The lowest BCUT2D eigenvalue weighted by Crippen LogP contribution is -2.32. The highest BCUT2D eigenvalue weighted by Gasteiger charge is 2.31. The van der Waals surface area contributed by atoms with Crippen LogP contribution in [0.1, 0.15) is 69.9 Å². The molecular weight excluding hydrogens is 413 g/mol. The van der Waals surface area contributed by atoms with Gasteiger partial charge in [-0.05, 0) is 63.1 Å². The highest BCUT2D eigenvalue weighted by molar-refractivity contribution is 7.39. The molecule has 0 bridgehead atoms. The Labute approximate surface area is 186 Å². The van der Waals surface area contributed by atoms with Crippen LogP contribution in [0.15, 0.2) is 35.9 Å². The minimum atomic E-state index is -2.76. The second kappa shape index (κ2) is 11.5. The van der Waals surface area contributed by atoms with Crippen LogP contribution in [0.3, 0.4) is 0 Å². The minimum Gasteiger partial charge on any atom is -0.507 e. The fraction of sp³-hybridized carbons (Fsp3) is 0.542. The van der Waals surface area contributed by atoms with Crippen molar-refractivity contribution in [2.24, 2.45) is 11.7 Å².